The van der Waals surface area contributed by atoms with Crippen LogP contribution in [0.15, 0.2) is 25.0 Å². The molecule has 1 amide bonds. The fraction of sp³-hybridized carbons (Fsp3) is 0.615. The fourth-order valence-electron chi connectivity index (χ4n) is 2.55. The van der Waals surface area contributed by atoms with E-state index in [-0.39, 0.29) is 0 Å². The number of carbonyl (C=O) groups excluding carboxylic acids is 1. The highest BCUT2D eigenvalue weighted by Gasteiger charge is 2.54. The molecule has 1 aliphatic heterocycles. The summed E-state index contributed by atoms with van der Waals surface area (Å²) < 4.78 is 53.7. The molecule has 0 aromatic heterocycles. The van der Waals surface area contributed by atoms with Crippen molar-refractivity contribution in [2.45, 2.75) is 42.6 Å². The molecule has 0 aromatic rings. The van der Waals surface area contributed by atoms with Crippen LogP contribution >= 0.6 is 7.60 Å². The van der Waals surface area contributed by atoms with Crippen LogP contribution in [0, 0.1) is 0 Å². The van der Waals surface area contributed by atoms with E-state index in [1.54, 1.807) is 0 Å². The standard InChI is InChI=1S/C13H19F3NO8P/c1-2-7-8(17-11(21)13(14,15)16)9(19)10(20)12(25-7,3-5-18)4-6-26(22,23)24/h2-3,5,7-10,18-20H,1,4,6H2,(H,17,21)(H2,22,23,24)/b5-3+/t7-,8+,9-,10+,12-/m1/s1. The molecule has 1 rings (SSSR count). The Kier molecular flexibility index (Phi) is 7.02. The summed E-state index contributed by atoms with van der Waals surface area (Å²) in [4.78, 5) is 29.1. The zero-order valence-corrected chi connectivity index (χ0v) is 14.1. The average molecular weight is 405 g/mol. The van der Waals surface area contributed by atoms with Gasteiger partial charge >= 0.3 is 19.7 Å². The molecular formula is C13H19F3NO8P. The van der Waals surface area contributed by atoms with Crippen molar-refractivity contribution in [1.29, 1.82) is 0 Å². The normalized spacial score (nSPS) is 33.2. The van der Waals surface area contributed by atoms with Gasteiger partial charge < -0.3 is 35.2 Å². The molecular weight excluding hydrogens is 386 g/mol. The predicted octanol–water partition coefficient (Wildman–Crippen LogP) is -0.282. The Morgan fingerprint density at radius 2 is 1.92 bits per heavy atom. The highest BCUT2D eigenvalue weighted by molar-refractivity contribution is 7.51. The summed E-state index contributed by atoms with van der Waals surface area (Å²) in [6.45, 7) is 3.31. The molecule has 1 fully saturated rings. The first-order valence-electron chi connectivity index (χ1n) is 7.18. The molecule has 26 heavy (non-hydrogen) atoms. The molecule has 13 heteroatoms. The van der Waals surface area contributed by atoms with Crippen LogP contribution in [0.2, 0.25) is 0 Å². The average Bonchev–Trinajstić information content (AvgIpc) is 2.51. The van der Waals surface area contributed by atoms with Gasteiger partial charge in [-0.2, -0.15) is 13.2 Å². The van der Waals surface area contributed by atoms with E-state index in [1.165, 1.54) is 5.32 Å². The van der Waals surface area contributed by atoms with Crippen LogP contribution in [-0.2, 0) is 14.1 Å². The number of hydrogen-bond donors (Lipinski definition) is 6. The SMILES string of the molecule is C=C[C@H]1O[C@](/C=C/O)(CCP(=O)(O)O)[C@@H](O)[C@H](O)[C@H]1NC(=O)C(F)(F)F. The smallest absolute Gasteiger partial charge is 0.471 e. The fourth-order valence-corrected chi connectivity index (χ4v) is 3.19. The van der Waals surface area contributed by atoms with Crippen molar-refractivity contribution in [3.8, 4) is 0 Å². The predicted molar refractivity (Wildman–Crippen MR) is 81.1 cm³/mol. The molecule has 0 saturated carbocycles. The van der Waals surface area contributed by atoms with E-state index in [0.29, 0.717) is 6.26 Å². The van der Waals surface area contributed by atoms with Gasteiger partial charge in [-0.25, -0.2) is 0 Å². The quantitative estimate of drug-likeness (QED) is 0.200. The topological polar surface area (TPSA) is 157 Å². The van der Waals surface area contributed by atoms with Crippen LogP contribution in [-0.4, -0.2) is 73.3 Å². The summed E-state index contributed by atoms with van der Waals surface area (Å²) in [6, 6.07) is -1.74. The molecule has 1 aliphatic rings. The maximum atomic E-state index is 12.4. The molecule has 9 nitrogen and oxygen atoms in total. The minimum absolute atomic E-state index is 0.393. The summed E-state index contributed by atoms with van der Waals surface area (Å²) in [5.41, 5.74) is -2.03. The summed E-state index contributed by atoms with van der Waals surface area (Å²) in [6.07, 6.45) is -10.0. The number of aliphatic hydroxyl groups is 3. The van der Waals surface area contributed by atoms with Gasteiger partial charge in [0, 0.05) is 0 Å². The monoisotopic (exact) mass is 405 g/mol. The van der Waals surface area contributed by atoms with Gasteiger partial charge in [0.1, 0.15) is 17.8 Å². The molecule has 1 saturated heterocycles. The van der Waals surface area contributed by atoms with Crippen molar-refractivity contribution in [1.82, 2.24) is 5.32 Å². The van der Waals surface area contributed by atoms with Crippen molar-refractivity contribution >= 4 is 13.5 Å². The Hall–Kier alpha value is -1.43. The first-order chi connectivity index (χ1) is 11.8. The van der Waals surface area contributed by atoms with Crippen molar-refractivity contribution in [2.75, 3.05) is 6.16 Å². The number of hydrogen-bond acceptors (Lipinski definition) is 6. The molecule has 1 heterocycles. The molecule has 0 radical (unpaired) electrons. The summed E-state index contributed by atoms with van der Waals surface area (Å²) >= 11 is 0. The van der Waals surface area contributed by atoms with Crippen LogP contribution in [0.3, 0.4) is 0 Å². The van der Waals surface area contributed by atoms with Gasteiger partial charge in [0.05, 0.1) is 24.6 Å². The molecule has 0 unspecified atom stereocenters. The number of halogens is 3. The first-order valence-corrected chi connectivity index (χ1v) is 8.98. The highest BCUT2D eigenvalue weighted by Crippen LogP contribution is 2.42. The van der Waals surface area contributed by atoms with Crippen LogP contribution in [0.5, 0.6) is 0 Å². The number of rotatable bonds is 6. The zero-order valence-electron chi connectivity index (χ0n) is 13.2. The second kappa shape index (κ2) is 8.07. The van der Waals surface area contributed by atoms with Crippen molar-refractivity contribution in [3.05, 3.63) is 25.0 Å². The minimum Gasteiger partial charge on any atom is -0.516 e. The van der Waals surface area contributed by atoms with Gasteiger partial charge in [0.25, 0.3) is 0 Å². The summed E-state index contributed by atoms with van der Waals surface area (Å²) in [5, 5.41) is 30.9. The van der Waals surface area contributed by atoms with Crippen molar-refractivity contribution < 1.29 is 52.4 Å². The molecule has 0 aliphatic carbocycles. The second-order valence-electron chi connectivity index (χ2n) is 5.66. The molecule has 0 aromatic carbocycles. The molecule has 0 spiro atoms. The van der Waals surface area contributed by atoms with Crippen LogP contribution in [0.1, 0.15) is 6.42 Å². The third-order valence-corrected chi connectivity index (χ3v) is 4.65. The van der Waals surface area contributed by atoms with E-state index >= 15 is 0 Å². The van der Waals surface area contributed by atoms with E-state index in [1.807, 2.05) is 0 Å². The van der Waals surface area contributed by atoms with E-state index < -0.39 is 62.2 Å². The second-order valence-corrected chi connectivity index (χ2v) is 7.44. The van der Waals surface area contributed by atoms with Gasteiger partial charge in [-0.3, -0.25) is 9.36 Å². The third-order valence-electron chi connectivity index (χ3n) is 3.84. The molecule has 6 N–H and O–H groups in total. The Balaban J connectivity index is 3.16. The number of nitrogens with one attached hydrogen (secondary N) is 1. The summed E-state index contributed by atoms with van der Waals surface area (Å²) in [7, 11) is -4.57. The van der Waals surface area contributed by atoms with E-state index in [9.17, 15) is 32.7 Å². The third kappa shape index (κ3) is 5.29. The van der Waals surface area contributed by atoms with Gasteiger partial charge in [-0.05, 0) is 12.5 Å². The molecule has 150 valence electrons. The number of alkyl halides is 3. The highest BCUT2D eigenvalue weighted by atomic mass is 31.2. The van der Waals surface area contributed by atoms with Gasteiger partial charge in [0.2, 0.25) is 0 Å². The van der Waals surface area contributed by atoms with Crippen LogP contribution in [0.4, 0.5) is 13.2 Å². The largest absolute Gasteiger partial charge is 0.516 e. The zero-order chi connectivity index (χ0) is 20.3. The number of carbonyl (C=O) groups is 1. The van der Waals surface area contributed by atoms with Crippen molar-refractivity contribution in [2.24, 2.45) is 0 Å². The number of ether oxygens (including phenoxy) is 1. The van der Waals surface area contributed by atoms with Gasteiger partial charge in [-0.1, -0.05) is 6.08 Å². The Morgan fingerprint density at radius 1 is 1.35 bits per heavy atom. The molecule has 0 bridgehead atoms. The molecule has 5 atom stereocenters. The maximum Gasteiger partial charge on any atom is 0.471 e. The lowest BCUT2D eigenvalue weighted by molar-refractivity contribution is -0.214. The first kappa shape index (κ1) is 22.6. The lowest BCUT2D eigenvalue weighted by atomic mass is 9.81. The van der Waals surface area contributed by atoms with Gasteiger partial charge in [0.15, 0.2) is 0 Å². The lowest BCUT2D eigenvalue weighted by Gasteiger charge is -2.48. The van der Waals surface area contributed by atoms with Gasteiger partial charge in [-0.15, -0.1) is 6.58 Å². The van der Waals surface area contributed by atoms with Crippen LogP contribution < -0.4 is 5.32 Å². The van der Waals surface area contributed by atoms with Crippen LogP contribution in [0.25, 0.3) is 0 Å². The number of aliphatic hydroxyl groups excluding tert-OH is 3. The Morgan fingerprint density at radius 3 is 2.35 bits per heavy atom. The van der Waals surface area contributed by atoms with E-state index in [2.05, 4.69) is 6.58 Å². The lowest BCUT2D eigenvalue weighted by Crippen LogP contribution is -2.68. The number of amides is 1. The van der Waals surface area contributed by atoms with E-state index in [0.717, 1.165) is 12.2 Å². The Bertz CT molecular complexity index is 607. The minimum atomic E-state index is -5.25. The Labute approximate surface area is 145 Å². The maximum absolute atomic E-state index is 12.4. The van der Waals surface area contributed by atoms with E-state index in [4.69, 9.17) is 19.6 Å². The van der Waals surface area contributed by atoms with Crippen molar-refractivity contribution in [3.63, 3.8) is 0 Å². The summed E-state index contributed by atoms with van der Waals surface area (Å²) in [5.74, 6) is -2.38.